The van der Waals surface area contributed by atoms with Crippen molar-refractivity contribution >= 4 is 17.6 Å². The Hall–Kier alpha value is -0.960. The maximum Gasteiger partial charge on any atom is 0.127 e. The monoisotopic (exact) mass is 194 g/mol. The summed E-state index contributed by atoms with van der Waals surface area (Å²) in [7, 11) is 3.76. The molecule has 0 spiro atoms. The van der Waals surface area contributed by atoms with Crippen LogP contribution in [-0.4, -0.2) is 31.1 Å². The summed E-state index contributed by atoms with van der Waals surface area (Å²) >= 11 is 1.71. The molecule has 1 N–H and O–H groups in total. The molecule has 0 radical (unpaired) electrons. The summed E-state index contributed by atoms with van der Waals surface area (Å²) in [6, 6.07) is 8.04. The second-order valence-electron chi connectivity index (χ2n) is 2.97. The number of thioether (sulfide) groups is 1. The summed E-state index contributed by atoms with van der Waals surface area (Å²) in [5, 5.41) is 7.73. The van der Waals surface area contributed by atoms with Gasteiger partial charge in [-0.05, 0) is 18.4 Å². The zero-order chi connectivity index (χ0) is 9.84. The molecule has 1 rings (SSSR count). The summed E-state index contributed by atoms with van der Waals surface area (Å²) in [5.41, 5.74) is 0.961. The molecule has 0 saturated heterocycles. The molecular formula is C10H14N2S. The molecule has 0 fully saturated rings. The van der Waals surface area contributed by atoms with Gasteiger partial charge >= 0.3 is 0 Å². The average molecular weight is 194 g/mol. The third-order valence-corrected chi connectivity index (χ3v) is 2.55. The summed E-state index contributed by atoms with van der Waals surface area (Å²) < 4.78 is 0. The summed E-state index contributed by atoms with van der Waals surface area (Å²) in [4.78, 5) is 3.03. The van der Waals surface area contributed by atoms with E-state index >= 15 is 0 Å². The predicted molar refractivity (Wildman–Crippen MR) is 58.7 cm³/mol. The minimum absolute atomic E-state index is 0.549. The first-order valence-corrected chi connectivity index (χ1v) is 5.28. The van der Waals surface area contributed by atoms with Gasteiger partial charge in [0.1, 0.15) is 5.84 Å². The van der Waals surface area contributed by atoms with Crippen LogP contribution in [0.25, 0.3) is 0 Å². The lowest BCUT2D eigenvalue weighted by atomic mass is 10.2. The molecule has 0 aliphatic heterocycles. The van der Waals surface area contributed by atoms with Gasteiger partial charge in [-0.1, -0.05) is 12.1 Å². The number of rotatable bonds is 2. The number of benzene rings is 1. The zero-order valence-corrected chi connectivity index (χ0v) is 8.98. The zero-order valence-electron chi connectivity index (χ0n) is 8.16. The second-order valence-corrected chi connectivity index (χ2v) is 3.85. The SMILES string of the molecule is CSc1ccc(C(=N)N(C)C)cc1. The van der Waals surface area contributed by atoms with Gasteiger partial charge in [-0.2, -0.15) is 0 Å². The topological polar surface area (TPSA) is 27.1 Å². The molecule has 13 heavy (non-hydrogen) atoms. The van der Waals surface area contributed by atoms with Gasteiger partial charge in [0.2, 0.25) is 0 Å². The predicted octanol–water partition coefficient (Wildman–Crippen LogP) is 2.30. The number of nitrogens with one attached hydrogen (secondary N) is 1. The highest BCUT2D eigenvalue weighted by molar-refractivity contribution is 7.98. The van der Waals surface area contributed by atoms with Crippen LogP contribution < -0.4 is 0 Å². The molecule has 0 unspecified atom stereocenters. The fraction of sp³-hybridized carbons (Fsp3) is 0.300. The Balaban J connectivity index is 2.86. The van der Waals surface area contributed by atoms with E-state index in [0.29, 0.717) is 5.84 Å². The number of nitrogens with zero attached hydrogens (tertiary/aromatic N) is 1. The van der Waals surface area contributed by atoms with E-state index in [1.54, 1.807) is 16.7 Å². The Morgan fingerprint density at radius 1 is 1.23 bits per heavy atom. The van der Waals surface area contributed by atoms with E-state index in [1.807, 2.05) is 44.6 Å². The minimum atomic E-state index is 0.549. The van der Waals surface area contributed by atoms with Crippen LogP contribution in [-0.2, 0) is 0 Å². The molecule has 0 bridgehead atoms. The lowest BCUT2D eigenvalue weighted by Crippen LogP contribution is -2.21. The molecule has 0 aliphatic rings. The normalized spacial score (nSPS) is 9.77. The molecule has 2 nitrogen and oxygen atoms in total. The molecule has 0 atom stereocenters. The van der Waals surface area contributed by atoms with E-state index < -0.39 is 0 Å². The third kappa shape index (κ3) is 2.49. The third-order valence-electron chi connectivity index (χ3n) is 1.81. The van der Waals surface area contributed by atoms with Gasteiger partial charge in [0, 0.05) is 24.6 Å². The Morgan fingerprint density at radius 3 is 2.15 bits per heavy atom. The van der Waals surface area contributed by atoms with Crippen molar-refractivity contribution < 1.29 is 0 Å². The standard InChI is InChI=1S/C10H14N2S/c1-12(2)10(11)8-4-6-9(13-3)7-5-8/h4-7,11H,1-3H3. The van der Waals surface area contributed by atoms with Gasteiger partial charge in [-0.25, -0.2) is 0 Å². The Kier molecular flexibility index (Phi) is 3.37. The Labute approximate surface area is 83.5 Å². The number of hydrogen-bond donors (Lipinski definition) is 1. The van der Waals surface area contributed by atoms with Crippen molar-refractivity contribution in [1.29, 1.82) is 5.41 Å². The molecular weight excluding hydrogens is 180 g/mol. The maximum absolute atomic E-state index is 7.73. The van der Waals surface area contributed by atoms with Crippen molar-refractivity contribution in [3.8, 4) is 0 Å². The van der Waals surface area contributed by atoms with Crippen molar-refractivity contribution in [1.82, 2.24) is 4.90 Å². The second kappa shape index (κ2) is 4.33. The van der Waals surface area contributed by atoms with Crippen LogP contribution in [0, 0.1) is 5.41 Å². The van der Waals surface area contributed by atoms with Gasteiger partial charge in [-0.3, -0.25) is 5.41 Å². The van der Waals surface area contributed by atoms with Crippen LogP contribution >= 0.6 is 11.8 Å². The van der Waals surface area contributed by atoms with Crippen molar-refractivity contribution in [2.45, 2.75) is 4.90 Å². The van der Waals surface area contributed by atoms with Crippen LogP contribution in [0.4, 0.5) is 0 Å². The fourth-order valence-corrected chi connectivity index (χ4v) is 1.42. The van der Waals surface area contributed by atoms with Gasteiger partial charge in [0.15, 0.2) is 0 Å². The Bertz CT molecular complexity index is 290. The molecule has 1 aromatic carbocycles. The van der Waals surface area contributed by atoms with Crippen molar-refractivity contribution in [2.75, 3.05) is 20.4 Å². The number of amidine groups is 1. The largest absolute Gasteiger partial charge is 0.363 e. The Morgan fingerprint density at radius 2 is 1.77 bits per heavy atom. The molecule has 0 aromatic heterocycles. The van der Waals surface area contributed by atoms with Crippen LogP contribution in [0.3, 0.4) is 0 Å². The van der Waals surface area contributed by atoms with Gasteiger partial charge < -0.3 is 4.90 Å². The van der Waals surface area contributed by atoms with Gasteiger partial charge in [0.25, 0.3) is 0 Å². The first-order valence-electron chi connectivity index (χ1n) is 4.05. The quantitative estimate of drug-likeness (QED) is 0.444. The van der Waals surface area contributed by atoms with E-state index in [4.69, 9.17) is 5.41 Å². The maximum atomic E-state index is 7.73. The van der Waals surface area contributed by atoms with E-state index in [0.717, 1.165) is 5.56 Å². The first kappa shape index (κ1) is 10.1. The fourth-order valence-electron chi connectivity index (χ4n) is 1.01. The van der Waals surface area contributed by atoms with Gasteiger partial charge in [-0.15, -0.1) is 11.8 Å². The lowest BCUT2D eigenvalue weighted by molar-refractivity contribution is 0.619. The van der Waals surface area contributed by atoms with E-state index in [9.17, 15) is 0 Å². The van der Waals surface area contributed by atoms with E-state index in [1.165, 1.54) is 4.90 Å². The highest BCUT2D eigenvalue weighted by atomic mass is 32.2. The number of hydrogen-bond acceptors (Lipinski definition) is 2. The average Bonchev–Trinajstić information content (AvgIpc) is 2.17. The van der Waals surface area contributed by atoms with E-state index in [-0.39, 0.29) is 0 Å². The first-order chi connectivity index (χ1) is 6.15. The minimum Gasteiger partial charge on any atom is -0.363 e. The van der Waals surface area contributed by atoms with Crippen molar-refractivity contribution in [2.24, 2.45) is 0 Å². The summed E-state index contributed by atoms with van der Waals surface area (Å²) in [6.45, 7) is 0. The molecule has 70 valence electrons. The smallest absolute Gasteiger partial charge is 0.127 e. The lowest BCUT2D eigenvalue weighted by Gasteiger charge is -2.13. The summed E-state index contributed by atoms with van der Waals surface area (Å²) in [5.74, 6) is 0.549. The van der Waals surface area contributed by atoms with Crippen molar-refractivity contribution in [3.63, 3.8) is 0 Å². The summed E-state index contributed by atoms with van der Waals surface area (Å²) in [6.07, 6.45) is 2.05. The van der Waals surface area contributed by atoms with Crippen LogP contribution in [0.15, 0.2) is 29.2 Å². The van der Waals surface area contributed by atoms with Crippen LogP contribution in [0.2, 0.25) is 0 Å². The van der Waals surface area contributed by atoms with Crippen LogP contribution in [0.5, 0.6) is 0 Å². The van der Waals surface area contributed by atoms with Crippen LogP contribution in [0.1, 0.15) is 5.56 Å². The molecule has 0 saturated carbocycles. The molecule has 0 heterocycles. The van der Waals surface area contributed by atoms with E-state index in [2.05, 4.69) is 0 Å². The van der Waals surface area contributed by atoms with Crippen molar-refractivity contribution in [3.05, 3.63) is 29.8 Å². The van der Waals surface area contributed by atoms with Gasteiger partial charge in [0.05, 0.1) is 0 Å². The highest BCUT2D eigenvalue weighted by Gasteiger charge is 2.01. The molecule has 1 aromatic rings. The molecule has 3 heteroatoms. The molecule has 0 aliphatic carbocycles. The highest BCUT2D eigenvalue weighted by Crippen LogP contribution is 2.15. The molecule has 0 amide bonds.